The largest absolute Gasteiger partial charge is 0.367 e. The Kier molecular flexibility index (Phi) is 3.58. The van der Waals surface area contributed by atoms with Crippen LogP contribution in [-0.4, -0.2) is 37.6 Å². The number of nitrogens with zero attached hydrogens (tertiary/aromatic N) is 3. The van der Waals surface area contributed by atoms with E-state index in [2.05, 4.69) is 4.90 Å². The molecule has 0 N–H and O–H groups in total. The minimum atomic E-state index is -1.04. The average molecular weight is 277 g/mol. The number of hydrogen-bond acceptors (Lipinski definition) is 3. The van der Waals surface area contributed by atoms with Crippen molar-refractivity contribution in [3.05, 3.63) is 29.3 Å². The molecule has 106 valence electrons. The summed E-state index contributed by atoms with van der Waals surface area (Å²) in [5.41, 5.74) is 0.0335. The zero-order valence-electron chi connectivity index (χ0n) is 11.3. The molecule has 1 aromatic rings. The van der Waals surface area contributed by atoms with E-state index in [1.165, 1.54) is 25.0 Å². The van der Waals surface area contributed by atoms with E-state index >= 15 is 0 Å². The number of benzene rings is 1. The van der Waals surface area contributed by atoms with Gasteiger partial charge in [-0.05, 0) is 30.9 Å². The van der Waals surface area contributed by atoms with Gasteiger partial charge in [-0.2, -0.15) is 5.26 Å². The monoisotopic (exact) mass is 277 g/mol. The predicted molar refractivity (Wildman–Crippen MR) is 72.5 cm³/mol. The molecule has 1 aliphatic heterocycles. The van der Waals surface area contributed by atoms with Gasteiger partial charge in [-0.1, -0.05) is 0 Å². The van der Waals surface area contributed by atoms with Gasteiger partial charge in [-0.25, -0.2) is 8.78 Å². The smallest absolute Gasteiger partial charge is 0.183 e. The topological polar surface area (TPSA) is 30.3 Å². The van der Waals surface area contributed by atoms with Gasteiger partial charge in [0, 0.05) is 32.7 Å². The minimum Gasteiger partial charge on any atom is -0.367 e. The molecule has 20 heavy (non-hydrogen) atoms. The Labute approximate surface area is 117 Å². The van der Waals surface area contributed by atoms with Gasteiger partial charge < -0.3 is 4.90 Å². The molecule has 0 amide bonds. The summed E-state index contributed by atoms with van der Waals surface area (Å²) in [6.45, 7) is 4.32. The third kappa shape index (κ3) is 2.61. The van der Waals surface area contributed by atoms with Crippen LogP contribution in [0.5, 0.6) is 0 Å². The fourth-order valence-electron chi connectivity index (χ4n) is 2.71. The first-order valence-electron chi connectivity index (χ1n) is 7.04. The molecule has 0 radical (unpaired) electrons. The lowest BCUT2D eigenvalue weighted by Gasteiger charge is -2.36. The molecule has 5 heteroatoms. The maximum Gasteiger partial charge on any atom is 0.183 e. The number of piperazine rings is 1. The zero-order valence-corrected chi connectivity index (χ0v) is 11.3. The number of rotatable bonds is 3. The van der Waals surface area contributed by atoms with Gasteiger partial charge in [0.1, 0.15) is 6.07 Å². The Morgan fingerprint density at radius 2 is 1.80 bits per heavy atom. The highest BCUT2D eigenvalue weighted by atomic mass is 19.2. The first-order chi connectivity index (χ1) is 9.69. The number of hydrogen-bond donors (Lipinski definition) is 0. The first-order valence-corrected chi connectivity index (χ1v) is 7.04. The van der Waals surface area contributed by atoms with E-state index in [1.54, 1.807) is 6.07 Å². The maximum absolute atomic E-state index is 14.0. The summed E-state index contributed by atoms with van der Waals surface area (Å²) in [5.74, 6) is -1.09. The molecule has 1 saturated heterocycles. The Morgan fingerprint density at radius 1 is 1.10 bits per heavy atom. The van der Waals surface area contributed by atoms with Gasteiger partial charge >= 0.3 is 0 Å². The Morgan fingerprint density at radius 3 is 2.40 bits per heavy atom. The van der Waals surface area contributed by atoms with Crippen LogP contribution in [0.2, 0.25) is 0 Å². The van der Waals surface area contributed by atoms with E-state index in [0.29, 0.717) is 13.1 Å². The van der Waals surface area contributed by atoms with E-state index in [9.17, 15) is 8.78 Å². The van der Waals surface area contributed by atoms with Gasteiger partial charge in [0.2, 0.25) is 0 Å². The highest BCUT2D eigenvalue weighted by Crippen LogP contribution is 2.30. The lowest BCUT2D eigenvalue weighted by Crippen LogP contribution is -2.47. The summed E-state index contributed by atoms with van der Waals surface area (Å²) in [7, 11) is 0. The lowest BCUT2D eigenvalue weighted by molar-refractivity contribution is 0.247. The fraction of sp³-hybridized carbons (Fsp3) is 0.533. The molecule has 1 aliphatic carbocycles. The second-order valence-electron chi connectivity index (χ2n) is 5.60. The number of nitriles is 1. The summed E-state index contributed by atoms with van der Waals surface area (Å²) in [5, 5.41) is 8.69. The van der Waals surface area contributed by atoms with Crippen LogP contribution in [-0.2, 0) is 0 Å². The highest BCUT2D eigenvalue weighted by Gasteiger charge is 2.27. The molecule has 2 fully saturated rings. The average Bonchev–Trinajstić information content (AvgIpc) is 3.27. The lowest BCUT2D eigenvalue weighted by atomic mass is 10.1. The van der Waals surface area contributed by atoms with Crippen molar-refractivity contribution < 1.29 is 8.78 Å². The van der Waals surface area contributed by atoms with Gasteiger partial charge in [-0.3, -0.25) is 4.90 Å². The molecule has 0 aromatic heterocycles. The summed E-state index contributed by atoms with van der Waals surface area (Å²) in [4.78, 5) is 4.26. The molecule has 1 saturated carbocycles. The van der Waals surface area contributed by atoms with Crippen molar-refractivity contribution in [2.24, 2.45) is 5.92 Å². The van der Waals surface area contributed by atoms with Crippen LogP contribution in [0, 0.1) is 28.9 Å². The van der Waals surface area contributed by atoms with Crippen molar-refractivity contribution in [3.8, 4) is 6.07 Å². The Balaban J connectivity index is 1.68. The van der Waals surface area contributed by atoms with Gasteiger partial charge in [0.15, 0.2) is 11.6 Å². The van der Waals surface area contributed by atoms with Crippen LogP contribution in [0.4, 0.5) is 14.5 Å². The van der Waals surface area contributed by atoms with Gasteiger partial charge in [0.25, 0.3) is 0 Å². The van der Waals surface area contributed by atoms with Crippen LogP contribution < -0.4 is 4.90 Å². The summed E-state index contributed by atoms with van der Waals surface area (Å²) in [6.07, 6.45) is 2.66. The molecule has 0 atom stereocenters. The molecule has 0 bridgehead atoms. The van der Waals surface area contributed by atoms with Crippen molar-refractivity contribution in [1.82, 2.24) is 4.90 Å². The summed E-state index contributed by atoms with van der Waals surface area (Å²) in [6, 6.07) is 4.52. The molecule has 2 aliphatic rings. The Bertz CT molecular complexity index is 541. The quantitative estimate of drug-likeness (QED) is 0.849. The van der Waals surface area contributed by atoms with E-state index in [0.717, 1.165) is 25.6 Å². The second kappa shape index (κ2) is 5.37. The van der Waals surface area contributed by atoms with E-state index < -0.39 is 11.6 Å². The zero-order chi connectivity index (χ0) is 14.1. The minimum absolute atomic E-state index is 0.237. The summed E-state index contributed by atoms with van der Waals surface area (Å²) < 4.78 is 27.6. The van der Waals surface area contributed by atoms with E-state index in [-0.39, 0.29) is 11.3 Å². The van der Waals surface area contributed by atoms with Crippen molar-refractivity contribution in [2.45, 2.75) is 12.8 Å². The van der Waals surface area contributed by atoms with Crippen molar-refractivity contribution in [2.75, 3.05) is 37.6 Å². The van der Waals surface area contributed by atoms with Crippen LogP contribution in [0.15, 0.2) is 12.1 Å². The number of anilines is 1. The fourth-order valence-corrected chi connectivity index (χ4v) is 2.71. The molecule has 1 heterocycles. The first kappa shape index (κ1) is 13.3. The summed E-state index contributed by atoms with van der Waals surface area (Å²) >= 11 is 0. The van der Waals surface area contributed by atoms with Crippen LogP contribution >= 0.6 is 0 Å². The molecule has 3 nitrogen and oxygen atoms in total. The van der Waals surface area contributed by atoms with Crippen LogP contribution in [0.3, 0.4) is 0 Å². The van der Waals surface area contributed by atoms with Gasteiger partial charge in [-0.15, -0.1) is 0 Å². The molecular weight excluding hydrogens is 260 g/mol. The van der Waals surface area contributed by atoms with E-state index in [4.69, 9.17) is 5.26 Å². The molecule has 1 aromatic carbocycles. The predicted octanol–water partition coefficient (Wildman–Crippen LogP) is 2.37. The maximum atomic E-state index is 14.0. The molecule has 0 spiro atoms. The third-order valence-electron chi connectivity index (χ3n) is 4.11. The van der Waals surface area contributed by atoms with Gasteiger partial charge in [0.05, 0.1) is 11.3 Å². The molecule has 3 rings (SSSR count). The second-order valence-corrected chi connectivity index (χ2v) is 5.60. The Hall–Kier alpha value is -1.67. The van der Waals surface area contributed by atoms with Crippen molar-refractivity contribution in [1.29, 1.82) is 5.26 Å². The normalized spacial score (nSPS) is 19.9. The number of halogens is 2. The van der Waals surface area contributed by atoms with Crippen LogP contribution in [0.25, 0.3) is 0 Å². The van der Waals surface area contributed by atoms with Crippen molar-refractivity contribution in [3.63, 3.8) is 0 Å². The van der Waals surface area contributed by atoms with Crippen molar-refractivity contribution >= 4 is 5.69 Å². The standard InChI is InChI=1S/C15H17F2N3/c16-14-12(9-18)3-4-13(15(14)17)20-7-5-19(6-8-20)10-11-1-2-11/h3-4,11H,1-2,5-8,10H2. The third-order valence-corrected chi connectivity index (χ3v) is 4.11. The SMILES string of the molecule is N#Cc1ccc(N2CCN(CC3CC3)CC2)c(F)c1F. The molecule has 0 unspecified atom stereocenters. The van der Waals surface area contributed by atoms with Crippen LogP contribution in [0.1, 0.15) is 18.4 Å². The molecular formula is C15H17F2N3. The van der Waals surface area contributed by atoms with E-state index in [1.807, 2.05) is 4.90 Å². The highest BCUT2D eigenvalue weighted by molar-refractivity contribution is 5.52.